The molecule has 1 aromatic heterocycles. The minimum atomic E-state index is -1.17. The summed E-state index contributed by atoms with van der Waals surface area (Å²) in [6.45, 7) is 0. The van der Waals surface area contributed by atoms with E-state index in [1.165, 1.54) is 12.5 Å². The standard InChI is InChI=1S/C24H27N5O4/c25-19(11-16-7-3-1-4-8-16)22(30)28-20(13-18-14-26-15-27-18)23(31)29-21(24(32)33)12-17-9-5-2-6-10-17/h1-10,14-15,19-21H,11-13,25H2,(H,26,27)(H,28,30)(H,29,31)(H,32,33)/t19-,20-,21-/m0/s1. The van der Waals surface area contributed by atoms with Gasteiger partial charge in [-0.2, -0.15) is 0 Å². The highest BCUT2D eigenvalue weighted by Gasteiger charge is 2.28. The largest absolute Gasteiger partial charge is 0.480 e. The topological polar surface area (TPSA) is 150 Å². The highest BCUT2D eigenvalue weighted by molar-refractivity contribution is 5.92. The average molecular weight is 450 g/mol. The molecule has 33 heavy (non-hydrogen) atoms. The molecular weight excluding hydrogens is 422 g/mol. The first-order valence-corrected chi connectivity index (χ1v) is 10.6. The molecule has 0 radical (unpaired) electrons. The van der Waals surface area contributed by atoms with Crippen molar-refractivity contribution in [3.63, 3.8) is 0 Å². The summed E-state index contributed by atoms with van der Waals surface area (Å²) in [5, 5.41) is 14.8. The third-order valence-electron chi connectivity index (χ3n) is 5.14. The Morgan fingerprint density at radius 1 is 0.848 bits per heavy atom. The number of hydrogen-bond donors (Lipinski definition) is 5. The highest BCUT2D eigenvalue weighted by atomic mass is 16.4. The van der Waals surface area contributed by atoms with E-state index < -0.39 is 35.9 Å². The fraction of sp³-hybridized carbons (Fsp3) is 0.250. The number of carbonyl (C=O) groups is 3. The van der Waals surface area contributed by atoms with Crippen molar-refractivity contribution in [2.45, 2.75) is 37.4 Å². The van der Waals surface area contributed by atoms with Gasteiger partial charge in [-0.3, -0.25) is 9.59 Å². The van der Waals surface area contributed by atoms with Gasteiger partial charge >= 0.3 is 5.97 Å². The van der Waals surface area contributed by atoms with Crippen LogP contribution >= 0.6 is 0 Å². The summed E-state index contributed by atoms with van der Waals surface area (Å²) in [6, 6.07) is 15.2. The molecule has 0 aliphatic rings. The third kappa shape index (κ3) is 7.29. The van der Waals surface area contributed by atoms with E-state index in [1.807, 2.05) is 36.4 Å². The van der Waals surface area contributed by atoms with Gasteiger partial charge in [-0.15, -0.1) is 0 Å². The number of hydrogen-bond acceptors (Lipinski definition) is 5. The summed E-state index contributed by atoms with van der Waals surface area (Å²) in [6.07, 6.45) is 3.52. The molecular formula is C24H27N5O4. The molecule has 0 fully saturated rings. The molecule has 0 saturated heterocycles. The predicted octanol–water partition coefficient (Wildman–Crippen LogP) is 0.819. The van der Waals surface area contributed by atoms with E-state index in [0.717, 1.165) is 11.1 Å². The Kier molecular flexibility index (Phi) is 8.31. The Bertz CT molecular complexity index is 1040. The monoisotopic (exact) mass is 449 g/mol. The number of carboxylic acids is 1. The zero-order valence-corrected chi connectivity index (χ0v) is 18.0. The van der Waals surface area contributed by atoms with Crippen LogP contribution in [0.1, 0.15) is 16.8 Å². The van der Waals surface area contributed by atoms with Gasteiger partial charge in [-0.05, 0) is 17.5 Å². The van der Waals surface area contributed by atoms with E-state index >= 15 is 0 Å². The van der Waals surface area contributed by atoms with Gasteiger partial charge in [-0.25, -0.2) is 9.78 Å². The normalized spacial score (nSPS) is 13.5. The first-order chi connectivity index (χ1) is 15.9. The summed E-state index contributed by atoms with van der Waals surface area (Å²) in [5.41, 5.74) is 8.34. The molecule has 1 heterocycles. The van der Waals surface area contributed by atoms with E-state index in [-0.39, 0.29) is 12.8 Å². The van der Waals surface area contributed by atoms with Crippen molar-refractivity contribution >= 4 is 17.8 Å². The number of aromatic amines is 1. The number of amides is 2. The Morgan fingerprint density at radius 2 is 1.42 bits per heavy atom. The number of H-pyrrole nitrogens is 1. The number of aromatic nitrogens is 2. The fourth-order valence-corrected chi connectivity index (χ4v) is 3.39. The summed E-state index contributed by atoms with van der Waals surface area (Å²) in [4.78, 5) is 44.4. The Labute approximate surface area is 191 Å². The molecule has 0 spiro atoms. The van der Waals surface area contributed by atoms with E-state index in [2.05, 4.69) is 20.6 Å². The Morgan fingerprint density at radius 3 is 1.97 bits per heavy atom. The van der Waals surface area contributed by atoms with Crippen molar-refractivity contribution < 1.29 is 19.5 Å². The minimum Gasteiger partial charge on any atom is -0.480 e. The number of aliphatic carboxylic acids is 1. The van der Waals surface area contributed by atoms with Crippen LogP contribution < -0.4 is 16.4 Å². The highest BCUT2D eigenvalue weighted by Crippen LogP contribution is 2.07. The average Bonchev–Trinajstić information content (AvgIpc) is 3.32. The number of nitrogens with one attached hydrogen (secondary N) is 3. The second kappa shape index (κ2) is 11.6. The smallest absolute Gasteiger partial charge is 0.326 e. The number of carbonyl (C=O) groups excluding carboxylic acids is 2. The first-order valence-electron chi connectivity index (χ1n) is 10.6. The van der Waals surface area contributed by atoms with Crippen LogP contribution in [0, 0.1) is 0 Å². The lowest BCUT2D eigenvalue weighted by molar-refractivity contribution is -0.142. The molecule has 9 nitrogen and oxygen atoms in total. The second-order valence-electron chi connectivity index (χ2n) is 7.73. The van der Waals surface area contributed by atoms with Crippen molar-refractivity contribution in [1.29, 1.82) is 0 Å². The van der Waals surface area contributed by atoms with Gasteiger partial charge in [0.05, 0.1) is 12.4 Å². The summed E-state index contributed by atoms with van der Waals surface area (Å²) >= 11 is 0. The van der Waals surface area contributed by atoms with E-state index in [4.69, 9.17) is 5.73 Å². The van der Waals surface area contributed by atoms with Crippen LogP contribution in [0.2, 0.25) is 0 Å². The van der Waals surface area contributed by atoms with Crippen LogP contribution in [-0.4, -0.2) is 51.0 Å². The van der Waals surface area contributed by atoms with Gasteiger partial charge in [0.2, 0.25) is 11.8 Å². The minimum absolute atomic E-state index is 0.104. The number of carboxylic acid groups (broad SMARTS) is 1. The van der Waals surface area contributed by atoms with Gasteiger partial charge in [-0.1, -0.05) is 60.7 Å². The fourth-order valence-electron chi connectivity index (χ4n) is 3.39. The molecule has 3 rings (SSSR count). The van der Waals surface area contributed by atoms with Gasteiger partial charge in [0.1, 0.15) is 12.1 Å². The summed E-state index contributed by atoms with van der Waals surface area (Å²) in [5.74, 6) is -2.29. The van der Waals surface area contributed by atoms with Gasteiger partial charge < -0.3 is 26.5 Å². The Hall–Kier alpha value is -3.98. The number of benzene rings is 2. The van der Waals surface area contributed by atoms with E-state index in [1.54, 1.807) is 24.3 Å². The molecule has 2 amide bonds. The molecule has 6 N–H and O–H groups in total. The van der Waals surface area contributed by atoms with Crippen molar-refractivity contribution in [3.8, 4) is 0 Å². The summed E-state index contributed by atoms with van der Waals surface area (Å²) in [7, 11) is 0. The molecule has 0 unspecified atom stereocenters. The number of rotatable bonds is 11. The molecule has 0 aliphatic heterocycles. The van der Waals surface area contributed by atoms with Gasteiger partial charge in [0.15, 0.2) is 0 Å². The second-order valence-corrected chi connectivity index (χ2v) is 7.73. The molecule has 3 aromatic rings. The maximum absolute atomic E-state index is 13.0. The van der Waals surface area contributed by atoms with Crippen LogP contribution in [-0.2, 0) is 33.6 Å². The van der Waals surface area contributed by atoms with Crippen LogP contribution in [0.5, 0.6) is 0 Å². The maximum atomic E-state index is 13.0. The lowest BCUT2D eigenvalue weighted by atomic mass is 10.0. The Balaban J connectivity index is 1.69. The lowest BCUT2D eigenvalue weighted by Gasteiger charge is -2.23. The molecule has 0 bridgehead atoms. The zero-order chi connectivity index (χ0) is 23.6. The van der Waals surface area contributed by atoms with Crippen molar-refractivity contribution in [3.05, 3.63) is 90.0 Å². The molecule has 0 saturated carbocycles. The van der Waals surface area contributed by atoms with Crippen molar-refractivity contribution in [2.24, 2.45) is 5.73 Å². The van der Waals surface area contributed by atoms with Crippen molar-refractivity contribution in [1.82, 2.24) is 20.6 Å². The van der Waals surface area contributed by atoms with Crippen molar-refractivity contribution in [2.75, 3.05) is 0 Å². The number of imidazole rings is 1. The predicted molar refractivity (Wildman–Crippen MR) is 122 cm³/mol. The van der Waals surface area contributed by atoms with Crippen LogP contribution in [0.3, 0.4) is 0 Å². The maximum Gasteiger partial charge on any atom is 0.326 e. The lowest BCUT2D eigenvalue weighted by Crippen LogP contribution is -2.56. The van der Waals surface area contributed by atoms with E-state index in [0.29, 0.717) is 12.1 Å². The van der Waals surface area contributed by atoms with Crippen LogP contribution in [0.4, 0.5) is 0 Å². The molecule has 0 aliphatic carbocycles. The number of nitrogens with two attached hydrogens (primary N) is 1. The van der Waals surface area contributed by atoms with Crippen LogP contribution in [0.15, 0.2) is 73.2 Å². The third-order valence-corrected chi connectivity index (χ3v) is 5.14. The van der Waals surface area contributed by atoms with Crippen LogP contribution in [0.25, 0.3) is 0 Å². The summed E-state index contributed by atoms with van der Waals surface area (Å²) < 4.78 is 0. The molecule has 2 aromatic carbocycles. The molecule has 9 heteroatoms. The van der Waals surface area contributed by atoms with Gasteiger partial charge in [0, 0.05) is 24.7 Å². The van der Waals surface area contributed by atoms with Gasteiger partial charge in [0.25, 0.3) is 0 Å². The quantitative estimate of drug-likeness (QED) is 0.292. The molecule has 172 valence electrons. The first kappa shape index (κ1) is 23.7. The van der Waals surface area contributed by atoms with E-state index in [9.17, 15) is 19.5 Å². The molecule has 3 atom stereocenters. The SMILES string of the molecule is N[C@@H](Cc1ccccc1)C(=O)N[C@@H](Cc1cnc[nH]1)C(=O)N[C@@H](Cc1ccccc1)C(=O)O. The number of nitrogens with zero attached hydrogens (tertiary/aromatic N) is 1. The zero-order valence-electron chi connectivity index (χ0n) is 18.0.